The van der Waals surface area contributed by atoms with Gasteiger partial charge in [0.05, 0.1) is 12.1 Å². The zero-order valence-electron chi connectivity index (χ0n) is 10.8. The average Bonchev–Trinajstić information content (AvgIpc) is 2.87. The Bertz CT molecular complexity index is 724. The first-order chi connectivity index (χ1) is 10.1. The molecule has 0 radical (unpaired) electrons. The van der Waals surface area contributed by atoms with Crippen LogP contribution in [0.1, 0.15) is 16.1 Å². The number of hydrogen-bond acceptors (Lipinski definition) is 5. The van der Waals surface area contributed by atoms with Crippen LogP contribution in [0, 0.1) is 0 Å². The zero-order valence-corrected chi connectivity index (χ0v) is 11.6. The fourth-order valence-corrected chi connectivity index (χ4v) is 3.12. The highest BCUT2D eigenvalue weighted by atomic mass is 32.1. The lowest BCUT2D eigenvalue weighted by molar-refractivity contribution is -0.136. The van der Waals surface area contributed by atoms with Gasteiger partial charge >= 0.3 is 11.9 Å². The molecule has 0 amide bonds. The first-order valence-electron chi connectivity index (χ1n) is 6.19. The van der Waals surface area contributed by atoms with E-state index in [0.717, 1.165) is 17.0 Å². The topological polar surface area (TPSA) is 87.1 Å². The van der Waals surface area contributed by atoms with Crippen molar-refractivity contribution in [2.24, 2.45) is 0 Å². The molecular formula is C14H11NO5S. The van der Waals surface area contributed by atoms with Crippen LogP contribution in [-0.4, -0.2) is 28.7 Å². The molecule has 2 N–H and O–H groups in total. The summed E-state index contributed by atoms with van der Waals surface area (Å²) < 4.78 is 5.70. The Balaban J connectivity index is 2.04. The molecule has 3 rings (SSSR count). The van der Waals surface area contributed by atoms with Crippen LogP contribution in [-0.2, 0) is 4.79 Å². The average molecular weight is 305 g/mol. The van der Waals surface area contributed by atoms with Crippen molar-refractivity contribution >= 4 is 34.0 Å². The molecule has 1 aromatic carbocycles. The summed E-state index contributed by atoms with van der Waals surface area (Å²) >= 11 is 1.08. The molecule has 2 aromatic rings. The van der Waals surface area contributed by atoms with E-state index in [-0.39, 0.29) is 17.8 Å². The van der Waals surface area contributed by atoms with E-state index in [9.17, 15) is 9.59 Å². The monoisotopic (exact) mass is 305 g/mol. The summed E-state index contributed by atoms with van der Waals surface area (Å²) in [5, 5.41) is 18.6. The van der Waals surface area contributed by atoms with E-state index >= 15 is 0 Å². The highest BCUT2D eigenvalue weighted by Crippen LogP contribution is 2.50. The van der Waals surface area contributed by atoms with Crippen LogP contribution >= 0.6 is 11.3 Å². The van der Waals surface area contributed by atoms with Gasteiger partial charge < -0.3 is 19.8 Å². The van der Waals surface area contributed by atoms with Gasteiger partial charge in [-0.05, 0) is 12.1 Å². The number of hydrogen-bond donors (Lipinski definition) is 2. The number of fused-ring (bicyclic) bond motifs is 2. The largest absolute Gasteiger partial charge is 0.481 e. The predicted molar refractivity (Wildman–Crippen MR) is 77.1 cm³/mol. The van der Waals surface area contributed by atoms with Crippen LogP contribution in [0.2, 0.25) is 0 Å². The number of anilines is 2. The number of carboxylic acids is 2. The second-order valence-corrected chi connectivity index (χ2v) is 5.48. The molecule has 2 heterocycles. The lowest BCUT2D eigenvalue weighted by Crippen LogP contribution is -2.22. The van der Waals surface area contributed by atoms with Gasteiger partial charge in [0.1, 0.15) is 9.88 Å². The number of aromatic carboxylic acids is 1. The molecule has 0 aliphatic carbocycles. The molecule has 1 aromatic heterocycles. The summed E-state index contributed by atoms with van der Waals surface area (Å²) in [5.41, 5.74) is 0.741. The third-order valence-corrected chi connectivity index (χ3v) is 4.19. The fraction of sp³-hybridized carbons (Fsp3) is 0.143. The van der Waals surface area contributed by atoms with Gasteiger partial charge in [0.2, 0.25) is 0 Å². The molecule has 0 spiro atoms. The Kier molecular flexibility index (Phi) is 3.26. The Morgan fingerprint density at radius 2 is 1.95 bits per heavy atom. The Morgan fingerprint density at radius 1 is 1.19 bits per heavy atom. The molecule has 0 saturated carbocycles. The molecule has 6 nitrogen and oxygen atoms in total. The van der Waals surface area contributed by atoms with Crippen molar-refractivity contribution in [1.29, 1.82) is 0 Å². The Morgan fingerprint density at radius 3 is 2.67 bits per heavy atom. The number of nitrogens with zero attached hydrogens (tertiary/aromatic N) is 1. The van der Waals surface area contributed by atoms with Crippen LogP contribution in [0.15, 0.2) is 30.3 Å². The molecule has 0 saturated heterocycles. The van der Waals surface area contributed by atoms with Gasteiger partial charge in [-0.25, -0.2) is 4.79 Å². The van der Waals surface area contributed by atoms with E-state index in [4.69, 9.17) is 14.9 Å². The quantitative estimate of drug-likeness (QED) is 0.902. The normalized spacial score (nSPS) is 12.3. The van der Waals surface area contributed by atoms with Crippen LogP contribution in [0.3, 0.4) is 0 Å². The summed E-state index contributed by atoms with van der Waals surface area (Å²) in [6, 6.07) is 8.69. The molecule has 0 bridgehead atoms. The van der Waals surface area contributed by atoms with E-state index in [2.05, 4.69) is 0 Å². The minimum atomic E-state index is -1.03. The van der Waals surface area contributed by atoms with Gasteiger partial charge in [0, 0.05) is 12.6 Å². The molecule has 108 valence electrons. The van der Waals surface area contributed by atoms with Crippen molar-refractivity contribution < 1.29 is 24.5 Å². The maximum absolute atomic E-state index is 11.1. The van der Waals surface area contributed by atoms with Crippen molar-refractivity contribution in [2.75, 3.05) is 11.4 Å². The van der Waals surface area contributed by atoms with Gasteiger partial charge in [-0.15, -0.1) is 11.3 Å². The lowest BCUT2D eigenvalue weighted by atomic mass is 10.2. The number of rotatable bonds is 4. The maximum atomic E-state index is 11.1. The highest BCUT2D eigenvalue weighted by molar-refractivity contribution is 7.18. The van der Waals surface area contributed by atoms with E-state index in [1.807, 2.05) is 18.2 Å². The van der Waals surface area contributed by atoms with E-state index in [0.29, 0.717) is 16.5 Å². The Labute approximate surface area is 123 Å². The molecule has 0 unspecified atom stereocenters. The third kappa shape index (κ3) is 2.43. The summed E-state index contributed by atoms with van der Waals surface area (Å²) in [4.78, 5) is 23.9. The fourth-order valence-electron chi connectivity index (χ4n) is 2.16. The molecule has 1 aliphatic rings. The zero-order chi connectivity index (χ0) is 15.0. The number of carboxylic acid groups (broad SMARTS) is 2. The standard InChI is InChI=1S/C14H11NO5S/c16-12(17)5-6-15-8-3-1-2-4-9(8)20-10-7-11(14(18)19)21-13(10)15/h1-4,7H,5-6H2,(H,16,17)(H,18,19). The van der Waals surface area contributed by atoms with Gasteiger partial charge in [-0.2, -0.15) is 0 Å². The minimum absolute atomic E-state index is 0.0475. The Hall–Kier alpha value is -2.54. The smallest absolute Gasteiger partial charge is 0.346 e. The van der Waals surface area contributed by atoms with Crippen molar-refractivity contribution in [2.45, 2.75) is 6.42 Å². The van der Waals surface area contributed by atoms with Gasteiger partial charge in [-0.3, -0.25) is 4.79 Å². The number of thiophene rings is 1. The van der Waals surface area contributed by atoms with Crippen molar-refractivity contribution in [1.82, 2.24) is 0 Å². The molecule has 1 aliphatic heterocycles. The number of aliphatic carboxylic acids is 1. The second-order valence-electron chi connectivity index (χ2n) is 4.45. The van der Waals surface area contributed by atoms with Gasteiger partial charge in [0.15, 0.2) is 11.5 Å². The van der Waals surface area contributed by atoms with Crippen molar-refractivity contribution in [3.8, 4) is 11.5 Å². The SMILES string of the molecule is O=C(O)CCN1c2ccccc2Oc2cc(C(=O)O)sc21. The molecule has 7 heteroatoms. The number of ether oxygens (including phenoxy) is 1. The molecule has 21 heavy (non-hydrogen) atoms. The number of para-hydroxylation sites is 2. The van der Waals surface area contributed by atoms with Gasteiger partial charge in [0.25, 0.3) is 0 Å². The predicted octanol–water partition coefficient (Wildman–Crippen LogP) is 3.16. The third-order valence-electron chi connectivity index (χ3n) is 3.06. The van der Waals surface area contributed by atoms with E-state index in [1.165, 1.54) is 6.07 Å². The van der Waals surface area contributed by atoms with E-state index < -0.39 is 11.9 Å². The highest BCUT2D eigenvalue weighted by Gasteiger charge is 2.28. The molecule has 0 fully saturated rings. The van der Waals surface area contributed by atoms with Gasteiger partial charge in [-0.1, -0.05) is 12.1 Å². The summed E-state index contributed by atoms with van der Waals surface area (Å²) in [7, 11) is 0. The van der Waals surface area contributed by atoms with E-state index in [1.54, 1.807) is 11.0 Å². The van der Waals surface area contributed by atoms with Crippen LogP contribution < -0.4 is 9.64 Å². The van der Waals surface area contributed by atoms with Crippen LogP contribution in [0.5, 0.6) is 11.5 Å². The summed E-state index contributed by atoms with van der Waals surface area (Å²) in [6.07, 6.45) is -0.0475. The van der Waals surface area contributed by atoms with Crippen LogP contribution in [0.4, 0.5) is 10.7 Å². The summed E-state index contributed by atoms with van der Waals surface area (Å²) in [6.45, 7) is 0.252. The minimum Gasteiger partial charge on any atom is -0.481 e. The first kappa shape index (κ1) is 13.4. The van der Waals surface area contributed by atoms with Crippen molar-refractivity contribution in [3.63, 3.8) is 0 Å². The lowest BCUT2D eigenvalue weighted by Gasteiger charge is -2.29. The molecule has 0 atom stereocenters. The number of carbonyl (C=O) groups is 2. The summed E-state index contributed by atoms with van der Waals surface area (Å²) in [5.74, 6) is -0.901. The molecular weight excluding hydrogens is 294 g/mol. The second kappa shape index (κ2) is 5.10. The number of benzene rings is 1. The maximum Gasteiger partial charge on any atom is 0.346 e. The van der Waals surface area contributed by atoms with Crippen molar-refractivity contribution in [3.05, 3.63) is 35.2 Å². The first-order valence-corrected chi connectivity index (χ1v) is 7.01. The van der Waals surface area contributed by atoms with Crippen LogP contribution in [0.25, 0.3) is 0 Å².